The maximum Gasteiger partial charge on any atom is 0.335 e. The van der Waals surface area contributed by atoms with Crippen molar-refractivity contribution in [3.8, 4) is 22.8 Å². The Balaban J connectivity index is 0.00000320. The number of halogens is 1. The Morgan fingerprint density at radius 3 is 2.53 bits per heavy atom. The van der Waals surface area contributed by atoms with Crippen molar-refractivity contribution < 1.29 is 36.2 Å². The van der Waals surface area contributed by atoms with E-state index in [1.54, 1.807) is 33.3 Å². The van der Waals surface area contributed by atoms with Crippen LogP contribution in [0.3, 0.4) is 0 Å². The highest BCUT2D eigenvalue weighted by molar-refractivity contribution is 5.91. The van der Waals surface area contributed by atoms with E-state index in [2.05, 4.69) is 5.32 Å². The summed E-state index contributed by atoms with van der Waals surface area (Å²) < 4.78 is 16.5. The van der Waals surface area contributed by atoms with Gasteiger partial charge in [0.25, 0.3) is 0 Å². The molecule has 0 radical (unpaired) electrons. The molecule has 2 aromatic carbocycles. The first-order valence-electron chi connectivity index (χ1n) is 9.37. The van der Waals surface area contributed by atoms with Crippen molar-refractivity contribution in [1.29, 1.82) is 0 Å². The van der Waals surface area contributed by atoms with Crippen LogP contribution in [-0.4, -0.2) is 31.8 Å². The zero-order valence-corrected chi connectivity index (χ0v) is 18.0. The van der Waals surface area contributed by atoms with Gasteiger partial charge >= 0.3 is 5.97 Å². The molecule has 6 nitrogen and oxygen atoms in total. The van der Waals surface area contributed by atoms with Crippen molar-refractivity contribution in [2.45, 2.75) is 19.9 Å². The summed E-state index contributed by atoms with van der Waals surface area (Å²) in [6, 6.07) is 14.9. The Labute approximate surface area is 182 Å². The van der Waals surface area contributed by atoms with Gasteiger partial charge in [0, 0.05) is 5.56 Å². The van der Waals surface area contributed by atoms with E-state index in [9.17, 15) is 9.90 Å². The number of nitrogens with one attached hydrogen (secondary N) is 1. The molecule has 30 heavy (non-hydrogen) atoms. The average molecular weight is 431 g/mol. The lowest BCUT2D eigenvalue weighted by Crippen LogP contribution is -3.00. The van der Waals surface area contributed by atoms with Crippen LogP contribution >= 0.6 is 0 Å². The second-order valence-corrected chi connectivity index (χ2v) is 6.67. The SMILES string of the molecule is COc1ccc(CCNCc2ccc(-c3cccc(C(=O)O)c3C)o2)cc1OC.[Cl-]. The van der Waals surface area contributed by atoms with Crippen LogP contribution in [0.25, 0.3) is 11.3 Å². The Kier molecular flexibility index (Phi) is 8.33. The fourth-order valence-corrected chi connectivity index (χ4v) is 3.23. The van der Waals surface area contributed by atoms with Crippen LogP contribution in [0, 0.1) is 6.92 Å². The zero-order valence-electron chi connectivity index (χ0n) is 17.2. The third-order valence-electron chi connectivity index (χ3n) is 4.83. The molecule has 3 rings (SSSR count). The maximum absolute atomic E-state index is 11.3. The molecule has 7 heteroatoms. The first-order chi connectivity index (χ1) is 14.0. The van der Waals surface area contributed by atoms with Crippen LogP contribution < -0.4 is 27.2 Å². The molecule has 3 aromatic rings. The largest absolute Gasteiger partial charge is 1.00 e. The van der Waals surface area contributed by atoms with Crippen molar-refractivity contribution in [3.05, 3.63) is 71.0 Å². The van der Waals surface area contributed by atoms with Crippen molar-refractivity contribution in [2.75, 3.05) is 20.8 Å². The van der Waals surface area contributed by atoms with Crippen LogP contribution in [0.4, 0.5) is 0 Å². The van der Waals surface area contributed by atoms with Crippen molar-refractivity contribution >= 4 is 5.97 Å². The summed E-state index contributed by atoms with van der Waals surface area (Å²) in [5, 5.41) is 12.7. The number of rotatable bonds is 9. The predicted octanol–water partition coefficient (Wildman–Crippen LogP) is 1.31. The van der Waals surface area contributed by atoms with E-state index in [4.69, 9.17) is 13.9 Å². The van der Waals surface area contributed by atoms with Gasteiger partial charge in [-0.05, 0) is 61.3 Å². The first-order valence-corrected chi connectivity index (χ1v) is 9.37. The number of carboxylic acid groups (broad SMARTS) is 1. The van der Waals surface area contributed by atoms with Crippen molar-refractivity contribution in [1.82, 2.24) is 5.32 Å². The van der Waals surface area contributed by atoms with E-state index >= 15 is 0 Å². The summed E-state index contributed by atoms with van der Waals surface area (Å²) >= 11 is 0. The summed E-state index contributed by atoms with van der Waals surface area (Å²) in [5.41, 5.74) is 2.92. The topological polar surface area (TPSA) is 80.9 Å². The Morgan fingerprint density at radius 2 is 1.83 bits per heavy atom. The molecular weight excluding hydrogens is 406 g/mol. The average Bonchev–Trinajstić information content (AvgIpc) is 3.19. The number of hydrogen-bond donors (Lipinski definition) is 2. The minimum absolute atomic E-state index is 0. The Bertz CT molecular complexity index is 999. The van der Waals surface area contributed by atoms with Gasteiger partial charge in [0.1, 0.15) is 11.5 Å². The second-order valence-electron chi connectivity index (χ2n) is 6.67. The number of carboxylic acids is 1. The predicted molar refractivity (Wildman–Crippen MR) is 111 cm³/mol. The molecule has 2 N–H and O–H groups in total. The summed E-state index contributed by atoms with van der Waals surface area (Å²) in [6.45, 7) is 3.16. The highest BCUT2D eigenvalue weighted by Crippen LogP contribution is 2.28. The van der Waals surface area contributed by atoms with Gasteiger partial charge in [0.15, 0.2) is 11.5 Å². The fraction of sp³-hybridized carbons (Fsp3) is 0.261. The quantitative estimate of drug-likeness (QED) is 0.498. The van der Waals surface area contributed by atoms with Gasteiger partial charge in [-0.15, -0.1) is 0 Å². The minimum Gasteiger partial charge on any atom is -1.00 e. The van der Waals surface area contributed by atoms with Crippen LogP contribution in [0.5, 0.6) is 11.5 Å². The van der Waals surface area contributed by atoms with E-state index in [0.717, 1.165) is 41.4 Å². The third-order valence-corrected chi connectivity index (χ3v) is 4.83. The first kappa shape index (κ1) is 23.3. The summed E-state index contributed by atoms with van der Waals surface area (Å²) in [5.74, 6) is 1.97. The molecule has 160 valence electrons. The van der Waals surface area contributed by atoms with Gasteiger partial charge < -0.3 is 36.7 Å². The molecule has 1 heterocycles. The molecule has 0 aliphatic carbocycles. The van der Waals surface area contributed by atoms with Crippen LogP contribution in [-0.2, 0) is 13.0 Å². The number of benzene rings is 2. The normalized spacial score (nSPS) is 10.4. The summed E-state index contributed by atoms with van der Waals surface area (Å²) in [6.07, 6.45) is 0.841. The smallest absolute Gasteiger partial charge is 0.335 e. The van der Waals surface area contributed by atoms with Gasteiger partial charge in [-0.1, -0.05) is 18.2 Å². The van der Waals surface area contributed by atoms with Crippen molar-refractivity contribution in [2.24, 2.45) is 0 Å². The number of ether oxygens (including phenoxy) is 2. The number of furan rings is 1. The van der Waals surface area contributed by atoms with Gasteiger partial charge in [-0.3, -0.25) is 0 Å². The van der Waals surface area contributed by atoms with E-state index in [0.29, 0.717) is 17.9 Å². The Morgan fingerprint density at radius 1 is 1.07 bits per heavy atom. The Hall–Kier alpha value is -2.96. The lowest BCUT2D eigenvalue weighted by Gasteiger charge is -2.10. The molecule has 0 atom stereocenters. The lowest BCUT2D eigenvalue weighted by molar-refractivity contribution is -0.0000227. The fourth-order valence-electron chi connectivity index (χ4n) is 3.23. The van der Waals surface area contributed by atoms with Gasteiger partial charge in [0.05, 0.1) is 26.3 Å². The third kappa shape index (κ3) is 5.34. The van der Waals surface area contributed by atoms with E-state index < -0.39 is 5.97 Å². The molecule has 0 bridgehead atoms. The maximum atomic E-state index is 11.3. The molecule has 0 unspecified atom stereocenters. The summed E-state index contributed by atoms with van der Waals surface area (Å²) in [4.78, 5) is 11.3. The van der Waals surface area contributed by atoms with Gasteiger partial charge in [0.2, 0.25) is 0 Å². The molecule has 1 aromatic heterocycles. The van der Waals surface area contributed by atoms with E-state index in [-0.39, 0.29) is 18.0 Å². The molecule has 0 amide bonds. The van der Waals surface area contributed by atoms with Gasteiger partial charge in [-0.25, -0.2) is 4.79 Å². The molecular formula is C23H25ClNO5-. The molecule has 0 spiro atoms. The second kappa shape index (κ2) is 10.7. The number of carbonyl (C=O) groups is 1. The highest BCUT2D eigenvalue weighted by atomic mass is 35.5. The van der Waals surface area contributed by atoms with Crippen LogP contribution in [0.2, 0.25) is 0 Å². The molecule has 0 aliphatic rings. The van der Waals surface area contributed by atoms with Crippen molar-refractivity contribution in [3.63, 3.8) is 0 Å². The number of hydrogen-bond acceptors (Lipinski definition) is 5. The number of methoxy groups -OCH3 is 2. The zero-order chi connectivity index (χ0) is 20.8. The molecule has 0 fully saturated rings. The lowest BCUT2D eigenvalue weighted by atomic mass is 10.0. The van der Waals surface area contributed by atoms with Crippen LogP contribution in [0.15, 0.2) is 52.9 Å². The van der Waals surface area contributed by atoms with E-state index in [1.165, 1.54) is 0 Å². The number of aromatic carboxylic acids is 1. The van der Waals surface area contributed by atoms with Crippen LogP contribution in [0.1, 0.15) is 27.2 Å². The van der Waals surface area contributed by atoms with Gasteiger partial charge in [-0.2, -0.15) is 0 Å². The standard InChI is InChI=1S/C23H25NO5.ClH/c1-15-18(5-4-6-19(15)23(25)26)20-10-8-17(29-20)14-24-12-11-16-7-9-21(27-2)22(13-16)28-3;/h4-10,13,24H,11-12,14H2,1-3H3,(H,25,26);1H/p-1. The monoisotopic (exact) mass is 430 g/mol. The van der Waals surface area contributed by atoms with E-state index in [1.807, 2.05) is 36.4 Å². The minimum atomic E-state index is -0.937. The molecule has 0 saturated carbocycles. The molecule has 0 aliphatic heterocycles. The summed E-state index contributed by atoms with van der Waals surface area (Å²) in [7, 11) is 3.25. The highest BCUT2D eigenvalue weighted by Gasteiger charge is 2.14. The molecule has 0 saturated heterocycles.